The first-order valence-corrected chi connectivity index (χ1v) is 4.87. The minimum atomic E-state index is 0.828. The molecule has 0 aromatic heterocycles. The Labute approximate surface area is 79.7 Å². The molecule has 0 unspecified atom stereocenters. The van der Waals surface area contributed by atoms with Crippen LogP contribution in [0, 0.1) is 0 Å². The first-order valence-electron chi connectivity index (χ1n) is 4.87. The van der Waals surface area contributed by atoms with E-state index in [4.69, 9.17) is 10.5 Å². The minimum Gasteiger partial charge on any atom is -0.493 e. The molecule has 2 N–H and O–H groups in total. The fourth-order valence-corrected chi connectivity index (χ4v) is 1.38. The maximum Gasteiger partial charge on any atom is 0.122 e. The number of rotatable bonds is 0. The molecular formula is C11H17NO. The molecule has 0 fully saturated rings. The lowest BCUT2D eigenvalue weighted by Gasteiger charge is -2.16. The summed E-state index contributed by atoms with van der Waals surface area (Å²) in [6, 6.07) is 5.82. The van der Waals surface area contributed by atoms with Gasteiger partial charge in [-0.1, -0.05) is 13.8 Å². The lowest BCUT2D eigenvalue weighted by molar-refractivity contribution is 0.288. The summed E-state index contributed by atoms with van der Waals surface area (Å²) in [5.41, 5.74) is 7.70. The molecule has 1 aromatic carbocycles. The van der Waals surface area contributed by atoms with Crippen molar-refractivity contribution in [1.82, 2.24) is 0 Å². The molecule has 0 amide bonds. The van der Waals surface area contributed by atoms with Crippen LogP contribution in [0.1, 0.15) is 25.8 Å². The van der Waals surface area contributed by atoms with Gasteiger partial charge in [-0.3, -0.25) is 0 Å². The van der Waals surface area contributed by atoms with Gasteiger partial charge in [0.25, 0.3) is 0 Å². The van der Waals surface area contributed by atoms with Gasteiger partial charge >= 0.3 is 0 Å². The zero-order valence-electron chi connectivity index (χ0n) is 8.34. The van der Waals surface area contributed by atoms with Gasteiger partial charge in [-0.25, -0.2) is 0 Å². The molecule has 13 heavy (non-hydrogen) atoms. The maximum atomic E-state index is 5.63. The van der Waals surface area contributed by atoms with E-state index < -0.39 is 0 Å². The van der Waals surface area contributed by atoms with E-state index in [0.29, 0.717) is 0 Å². The zero-order valence-corrected chi connectivity index (χ0v) is 8.34. The molecule has 72 valence electrons. The van der Waals surface area contributed by atoms with Crippen LogP contribution in [-0.2, 0) is 6.42 Å². The third kappa shape index (κ3) is 2.38. The van der Waals surface area contributed by atoms with Gasteiger partial charge in [-0.05, 0) is 36.6 Å². The summed E-state index contributed by atoms with van der Waals surface area (Å²) < 4.78 is 5.42. The van der Waals surface area contributed by atoms with Crippen LogP contribution in [0.4, 0.5) is 5.69 Å². The fourth-order valence-electron chi connectivity index (χ4n) is 1.38. The van der Waals surface area contributed by atoms with Crippen LogP contribution in [0.5, 0.6) is 5.75 Å². The predicted octanol–water partition coefficient (Wildman–Crippen LogP) is 2.62. The SMILES string of the molecule is CC.Nc1ccc2c(c1)CCCO2. The molecule has 1 aliphatic heterocycles. The highest BCUT2D eigenvalue weighted by Crippen LogP contribution is 2.25. The summed E-state index contributed by atoms with van der Waals surface area (Å²) in [5.74, 6) is 1.01. The van der Waals surface area contributed by atoms with Crippen molar-refractivity contribution in [2.45, 2.75) is 26.7 Å². The van der Waals surface area contributed by atoms with Crippen molar-refractivity contribution < 1.29 is 4.74 Å². The van der Waals surface area contributed by atoms with Gasteiger partial charge in [0.1, 0.15) is 5.75 Å². The summed E-state index contributed by atoms with van der Waals surface area (Å²) in [6.07, 6.45) is 2.21. The van der Waals surface area contributed by atoms with E-state index in [1.165, 1.54) is 5.56 Å². The molecule has 1 aliphatic rings. The Hall–Kier alpha value is -1.18. The number of aryl methyl sites for hydroxylation is 1. The Bertz CT molecular complexity index is 271. The summed E-state index contributed by atoms with van der Waals surface area (Å²) in [4.78, 5) is 0. The summed E-state index contributed by atoms with van der Waals surface area (Å²) in [7, 11) is 0. The Morgan fingerprint density at radius 2 is 2.08 bits per heavy atom. The van der Waals surface area contributed by atoms with Crippen LogP contribution in [0.3, 0.4) is 0 Å². The lowest BCUT2D eigenvalue weighted by Crippen LogP contribution is -2.08. The van der Waals surface area contributed by atoms with Gasteiger partial charge in [0.2, 0.25) is 0 Å². The Morgan fingerprint density at radius 3 is 2.85 bits per heavy atom. The van der Waals surface area contributed by atoms with E-state index in [2.05, 4.69) is 0 Å². The predicted molar refractivity (Wildman–Crippen MR) is 56.0 cm³/mol. The normalized spacial score (nSPS) is 13.4. The van der Waals surface area contributed by atoms with Crippen molar-refractivity contribution in [3.8, 4) is 5.75 Å². The molecule has 0 saturated heterocycles. The van der Waals surface area contributed by atoms with E-state index in [-0.39, 0.29) is 0 Å². The van der Waals surface area contributed by atoms with Gasteiger partial charge < -0.3 is 10.5 Å². The molecular weight excluding hydrogens is 162 g/mol. The summed E-state index contributed by atoms with van der Waals surface area (Å²) >= 11 is 0. The average molecular weight is 179 g/mol. The van der Waals surface area contributed by atoms with Gasteiger partial charge in [-0.2, -0.15) is 0 Å². The molecule has 0 saturated carbocycles. The second-order valence-corrected chi connectivity index (χ2v) is 2.82. The number of nitrogens with two attached hydrogens (primary N) is 1. The van der Waals surface area contributed by atoms with Crippen LogP contribution in [0.15, 0.2) is 18.2 Å². The monoisotopic (exact) mass is 179 g/mol. The van der Waals surface area contributed by atoms with Crippen molar-refractivity contribution >= 4 is 5.69 Å². The lowest BCUT2D eigenvalue weighted by atomic mass is 10.1. The van der Waals surface area contributed by atoms with E-state index in [0.717, 1.165) is 30.9 Å². The highest BCUT2D eigenvalue weighted by molar-refractivity contribution is 5.48. The molecule has 0 spiro atoms. The smallest absolute Gasteiger partial charge is 0.122 e. The molecule has 0 atom stereocenters. The molecule has 0 radical (unpaired) electrons. The van der Waals surface area contributed by atoms with Gasteiger partial charge in [0.15, 0.2) is 0 Å². The third-order valence-electron chi connectivity index (χ3n) is 1.93. The Balaban J connectivity index is 0.000000396. The number of hydrogen-bond acceptors (Lipinski definition) is 2. The van der Waals surface area contributed by atoms with E-state index in [9.17, 15) is 0 Å². The molecule has 0 aliphatic carbocycles. The largest absolute Gasteiger partial charge is 0.493 e. The molecule has 2 rings (SSSR count). The second-order valence-electron chi connectivity index (χ2n) is 2.82. The number of benzene rings is 1. The molecule has 2 nitrogen and oxygen atoms in total. The highest BCUT2D eigenvalue weighted by atomic mass is 16.5. The Morgan fingerprint density at radius 1 is 1.31 bits per heavy atom. The van der Waals surface area contributed by atoms with Crippen LogP contribution in [0.25, 0.3) is 0 Å². The van der Waals surface area contributed by atoms with Crippen LogP contribution >= 0.6 is 0 Å². The summed E-state index contributed by atoms with van der Waals surface area (Å²) in [5, 5.41) is 0. The van der Waals surface area contributed by atoms with E-state index in [1.807, 2.05) is 32.0 Å². The van der Waals surface area contributed by atoms with Gasteiger partial charge in [-0.15, -0.1) is 0 Å². The maximum absolute atomic E-state index is 5.63. The number of nitrogen functional groups attached to an aromatic ring is 1. The molecule has 1 heterocycles. The third-order valence-corrected chi connectivity index (χ3v) is 1.93. The molecule has 2 heteroatoms. The average Bonchev–Trinajstić information content (AvgIpc) is 2.21. The first-order chi connectivity index (χ1) is 6.36. The zero-order chi connectivity index (χ0) is 9.68. The number of ether oxygens (including phenoxy) is 1. The molecule has 1 aromatic rings. The van der Waals surface area contributed by atoms with Crippen molar-refractivity contribution in [3.63, 3.8) is 0 Å². The first kappa shape index (κ1) is 9.90. The van der Waals surface area contributed by atoms with E-state index >= 15 is 0 Å². The van der Waals surface area contributed by atoms with E-state index in [1.54, 1.807) is 0 Å². The number of fused-ring (bicyclic) bond motifs is 1. The summed E-state index contributed by atoms with van der Waals surface area (Å²) in [6.45, 7) is 4.84. The Kier molecular flexibility index (Phi) is 3.62. The van der Waals surface area contributed by atoms with Crippen LogP contribution in [-0.4, -0.2) is 6.61 Å². The van der Waals surface area contributed by atoms with Crippen LogP contribution in [0.2, 0.25) is 0 Å². The topological polar surface area (TPSA) is 35.2 Å². The van der Waals surface area contributed by atoms with Gasteiger partial charge in [0.05, 0.1) is 6.61 Å². The number of anilines is 1. The highest BCUT2D eigenvalue weighted by Gasteiger charge is 2.08. The van der Waals surface area contributed by atoms with Crippen molar-refractivity contribution in [2.24, 2.45) is 0 Å². The molecule has 0 bridgehead atoms. The quantitative estimate of drug-likeness (QED) is 0.621. The second kappa shape index (κ2) is 4.75. The van der Waals surface area contributed by atoms with Crippen molar-refractivity contribution in [2.75, 3.05) is 12.3 Å². The van der Waals surface area contributed by atoms with Gasteiger partial charge in [0, 0.05) is 5.69 Å². The minimum absolute atomic E-state index is 0.828. The van der Waals surface area contributed by atoms with Crippen molar-refractivity contribution in [3.05, 3.63) is 23.8 Å². The fraction of sp³-hybridized carbons (Fsp3) is 0.455. The van der Waals surface area contributed by atoms with Crippen LogP contribution < -0.4 is 10.5 Å². The standard InChI is InChI=1S/C9H11NO.C2H6/c10-8-3-4-9-7(6-8)2-1-5-11-9;1-2/h3-4,6H,1-2,5,10H2;1-2H3. The number of hydrogen-bond donors (Lipinski definition) is 1. The van der Waals surface area contributed by atoms with Crippen molar-refractivity contribution in [1.29, 1.82) is 0 Å².